The highest BCUT2D eigenvalue weighted by atomic mass is 15.2. The summed E-state index contributed by atoms with van der Waals surface area (Å²) in [5.41, 5.74) is 3.97. The lowest BCUT2D eigenvalue weighted by Crippen LogP contribution is -2.43. The number of hydrogen-bond donors (Lipinski definition) is 2. The fourth-order valence-electron chi connectivity index (χ4n) is 2.56. The highest BCUT2D eigenvalue weighted by Gasteiger charge is 2.14. The van der Waals surface area contributed by atoms with E-state index < -0.39 is 0 Å². The van der Waals surface area contributed by atoms with E-state index in [1.54, 1.807) is 0 Å². The van der Waals surface area contributed by atoms with Crippen molar-refractivity contribution in [2.45, 2.75) is 13.3 Å². The summed E-state index contributed by atoms with van der Waals surface area (Å²) < 4.78 is 0. The van der Waals surface area contributed by atoms with Gasteiger partial charge < -0.3 is 15.2 Å². The zero-order valence-corrected chi connectivity index (χ0v) is 10.3. The van der Waals surface area contributed by atoms with E-state index in [4.69, 9.17) is 0 Å². The van der Waals surface area contributed by atoms with E-state index in [1.165, 1.54) is 22.3 Å². The van der Waals surface area contributed by atoms with E-state index in [2.05, 4.69) is 46.4 Å². The fourth-order valence-corrected chi connectivity index (χ4v) is 2.56. The molecule has 0 amide bonds. The summed E-state index contributed by atoms with van der Waals surface area (Å²) in [7, 11) is 0. The van der Waals surface area contributed by atoms with Crippen molar-refractivity contribution in [3.05, 3.63) is 30.0 Å². The normalized spacial score (nSPS) is 16.6. The number of nitrogens with one attached hydrogen (secondary N) is 2. The van der Waals surface area contributed by atoms with Crippen molar-refractivity contribution < 1.29 is 0 Å². The molecule has 1 aromatic heterocycles. The SMILES string of the molecule is CCc1cc2cccc(N3CCNCC3)c2[nH]1. The number of aryl methyl sites for hydroxylation is 1. The third-order valence-electron chi connectivity index (χ3n) is 3.53. The average molecular weight is 229 g/mol. The molecule has 0 radical (unpaired) electrons. The van der Waals surface area contributed by atoms with Gasteiger partial charge in [0, 0.05) is 37.3 Å². The maximum absolute atomic E-state index is 3.55. The van der Waals surface area contributed by atoms with Gasteiger partial charge in [0.2, 0.25) is 0 Å². The van der Waals surface area contributed by atoms with Crippen molar-refractivity contribution in [2.75, 3.05) is 31.1 Å². The van der Waals surface area contributed by atoms with Gasteiger partial charge >= 0.3 is 0 Å². The molecule has 3 heteroatoms. The number of hydrogen-bond acceptors (Lipinski definition) is 2. The standard InChI is InChI=1S/C14H19N3/c1-2-12-10-11-4-3-5-13(14(11)16-12)17-8-6-15-7-9-17/h3-5,10,15-16H,2,6-9H2,1H3. The molecule has 1 fully saturated rings. The Morgan fingerprint density at radius 1 is 1.24 bits per heavy atom. The van der Waals surface area contributed by atoms with Gasteiger partial charge in [0.1, 0.15) is 0 Å². The first-order valence-electron chi connectivity index (χ1n) is 6.45. The predicted molar refractivity (Wildman–Crippen MR) is 72.8 cm³/mol. The molecule has 0 unspecified atom stereocenters. The van der Waals surface area contributed by atoms with Crippen LogP contribution in [-0.4, -0.2) is 31.2 Å². The molecule has 1 aromatic carbocycles. The summed E-state index contributed by atoms with van der Waals surface area (Å²) in [6.07, 6.45) is 1.07. The lowest BCUT2D eigenvalue weighted by Gasteiger charge is -2.29. The van der Waals surface area contributed by atoms with Crippen LogP contribution in [0.25, 0.3) is 10.9 Å². The Bertz CT molecular complexity index is 509. The van der Waals surface area contributed by atoms with Crippen molar-refractivity contribution >= 4 is 16.6 Å². The van der Waals surface area contributed by atoms with Crippen LogP contribution in [0.1, 0.15) is 12.6 Å². The van der Waals surface area contributed by atoms with E-state index in [0.717, 1.165) is 32.6 Å². The summed E-state index contributed by atoms with van der Waals surface area (Å²) >= 11 is 0. The van der Waals surface area contributed by atoms with Crippen LogP contribution in [0.15, 0.2) is 24.3 Å². The molecule has 2 N–H and O–H groups in total. The Balaban J connectivity index is 2.05. The van der Waals surface area contributed by atoms with Crippen LogP contribution >= 0.6 is 0 Å². The highest BCUT2D eigenvalue weighted by molar-refractivity contribution is 5.92. The van der Waals surface area contributed by atoms with E-state index >= 15 is 0 Å². The van der Waals surface area contributed by atoms with E-state index in [9.17, 15) is 0 Å². The number of benzene rings is 1. The number of H-pyrrole nitrogens is 1. The molecular formula is C14H19N3. The Labute approximate surface area is 102 Å². The van der Waals surface area contributed by atoms with Gasteiger partial charge in [0.15, 0.2) is 0 Å². The smallest absolute Gasteiger partial charge is 0.0693 e. The molecule has 1 aliphatic rings. The van der Waals surface area contributed by atoms with E-state index in [1.807, 2.05) is 0 Å². The lowest BCUT2D eigenvalue weighted by atomic mass is 10.2. The minimum Gasteiger partial charge on any atom is -0.367 e. The Kier molecular flexibility index (Phi) is 2.77. The summed E-state index contributed by atoms with van der Waals surface area (Å²) in [4.78, 5) is 6.02. The van der Waals surface area contributed by atoms with Crippen LogP contribution in [0.4, 0.5) is 5.69 Å². The molecule has 2 aromatic rings. The predicted octanol–water partition coefficient (Wildman–Crippen LogP) is 2.14. The molecule has 3 nitrogen and oxygen atoms in total. The molecule has 1 saturated heterocycles. The number of nitrogens with zero attached hydrogens (tertiary/aromatic N) is 1. The monoisotopic (exact) mass is 229 g/mol. The van der Waals surface area contributed by atoms with Crippen LogP contribution in [0.2, 0.25) is 0 Å². The van der Waals surface area contributed by atoms with Crippen LogP contribution < -0.4 is 10.2 Å². The summed E-state index contributed by atoms with van der Waals surface area (Å²) in [6, 6.07) is 8.84. The number of rotatable bonds is 2. The van der Waals surface area contributed by atoms with E-state index in [0.29, 0.717) is 0 Å². The quantitative estimate of drug-likeness (QED) is 0.826. The molecule has 0 saturated carbocycles. The number of fused-ring (bicyclic) bond motifs is 1. The van der Waals surface area contributed by atoms with Crippen molar-refractivity contribution in [1.82, 2.24) is 10.3 Å². The molecule has 17 heavy (non-hydrogen) atoms. The molecule has 90 valence electrons. The molecule has 0 aliphatic carbocycles. The molecule has 1 aliphatic heterocycles. The first-order valence-corrected chi connectivity index (χ1v) is 6.45. The van der Waals surface area contributed by atoms with Crippen molar-refractivity contribution in [3.63, 3.8) is 0 Å². The topological polar surface area (TPSA) is 31.1 Å². The van der Waals surface area contributed by atoms with Gasteiger partial charge in [-0.15, -0.1) is 0 Å². The van der Waals surface area contributed by atoms with Gasteiger partial charge in [-0.25, -0.2) is 0 Å². The van der Waals surface area contributed by atoms with E-state index in [-0.39, 0.29) is 0 Å². The highest BCUT2D eigenvalue weighted by Crippen LogP contribution is 2.27. The maximum atomic E-state index is 3.55. The van der Waals surface area contributed by atoms with Crippen LogP contribution in [0, 0.1) is 0 Å². The van der Waals surface area contributed by atoms with Crippen LogP contribution in [0.5, 0.6) is 0 Å². The third kappa shape index (κ3) is 1.91. The van der Waals surface area contributed by atoms with Crippen molar-refractivity contribution in [2.24, 2.45) is 0 Å². The summed E-state index contributed by atoms with van der Waals surface area (Å²) in [5.74, 6) is 0. The van der Waals surface area contributed by atoms with Gasteiger partial charge in [-0.05, 0) is 18.6 Å². The van der Waals surface area contributed by atoms with Gasteiger partial charge in [0.05, 0.1) is 11.2 Å². The first kappa shape index (κ1) is 10.7. The van der Waals surface area contributed by atoms with Crippen LogP contribution in [-0.2, 0) is 6.42 Å². The van der Waals surface area contributed by atoms with Crippen molar-refractivity contribution in [1.29, 1.82) is 0 Å². The van der Waals surface area contributed by atoms with Gasteiger partial charge in [-0.2, -0.15) is 0 Å². The van der Waals surface area contributed by atoms with Gasteiger partial charge in [-0.1, -0.05) is 19.1 Å². The molecule has 0 bridgehead atoms. The molecule has 0 spiro atoms. The molecule has 3 rings (SSSR count). The summed E-state index contributed by atoms with van der Waals surface area (Å²) in [6.45, 7) is 6.55. The Morgan fingerprint density at radius 3 is 2.82 bits per heavy atom. The minimum atomic E-state index is 1.07. The second-order valence-electron chi connectivity index (χ2n) is 4.63. The van der Waals surface area contributed by atoms with Crippen LogP contribution in [0.3, 0.4) is 0 Å². The first-order chi connectivity index (χ1) is 8.38. The number of aromatic nitrogens is 1. The van der Waals surface area contributed by atoms with Gasteiger partial charge in [0.25, 0.3) is 0 Å². The number of piperazine rings is 1. The molecule has 2 heterocycles. The number of anilines is 1. The largest absolute Gasteiger partial charge is 0.367 e. The Hall–Kier alpha value is -1.48. The van der Waals surface area contributed by atoms with Gasteiger partial charge in [-0.3, -0.25) is 0 Å². The fraction of sp³-hybridized carbons (Fsp3) is 0.429. The zero-order valence-electron chi connectivity index (χ0n) is 10.3. The maximum Gasteiger partial charge on any atom is 0.0693 e. The lowest BCUT2D eigenvalue weighted by molar-refractivity contribution is 0.590. The second kappa shape index (κ2) is 4.41. The average Bonchev–Trinajstić information content (AvgIpc) is 2.82. The minimum absolute atomic E-state index is 1.07. The summed E-state index contributed by atoms with van der Waals surface area (Å²) in [5, 5.41) is 4.73. The zero-order chi connectivity index (χ0) is 11.7. The number of aromatic amines is 1. The Morgan fingerprint density at radius 2 is 2.06 bits per heavy atom. The second-order valence-corrected chi connectivity index (χ2v) is 4.63. The number of para-hydroxylation sites is 1. The molecule has 0 atom stereocenters. The third-order valence-corrected chi connectivity index (χ3v) is 3.53. The molecular weight excluding hydrogens is 210 g/mol. The van der Waals surface area contributed by atoms with Crippen molar-refractivity contribution in [3.8, 4) is 0 Å².